The monoisotopic (exact) mass is 227 g/mol. The van der Waals surface area contributed by atoms with E-state index in [0.717, 1.165) is 11.1 Å². The van der Waals surface area contributed by atoms with Gasteiger partial charge in [0.1, 0.15) is 0 Å². The molecule has 0 aliphatic carbocycles. The molecule has 0 saturated carbocycles. The summed E-state index contributed by atoms with van der Waals surface area (Å²) in [6, 6.07) is 1.64. The number of hydrogen-bond acceptors (Lipinski definition) is 1. The number of halogens is 3. The Balaban J connectivity index is 0.00000169. The van der Waals surface area contributed by atoms with Gasteiger partial charge in [0.15, 0.2) is 0 Å². The second kappa shape index (κ2) is 6.27. The van der Waals surface area contributed by atoms with Crippen LogP contribution in [0.4, 0.5) is 12.9 Å². The molecule has 1 nitrogen and oxygen atoms in total. The molecule has 72 valence electrons. The molecule has 0 fully saturated rings. The minimum absolute atomic E-state index is 0. The summed E-state index contributed by atoms with van der Waals surface area (Å²) in [5.41, 5.74) is 1.55. The summed E-state index contributed by atoms with van der Waals surface area (Å²) in [5.74, 6) is 0. The van der Waals surface area contributed by atoms with Crippen molar-refractivity contribution in [2.24, 2.45) is 0 Å². The summed E-state index contributed by atoms with van der Waals surface area (Å²) in [6.45, 7) is -2.89. The first-order valence-corrected chi connectivity index (χ1v) is 4.09. The summed E-state index contributed by atoms with van der Waals surface area (Å²) >= 11 is 0. The maximum atomic E-state index is 11.9. The van der Waals surface area contributed by atoms with Gasteiger partial charge in [-0.05, 0) is 24.1 Å². The maximum absolute atomic E-state index is 11.9. The molecule has 0 amide bonds. The Hall–Kier alpha value is 0.641. The van der Waals surface area contributed by atoms with E-state index in [0.29, 0.717) is 0 Å². The van der Waals surface area contributed by atoms with E-state index in [1.54, 1.807) is 19.2 Å². The van der Waals surface area contributed by atoms with Gasteiger partial charge in [-0.1, -0.05) is 12.7 Å². The van der Waals surface area contributed by atoms with Gasteiger partial charge in [-0.15, -0.1) is 0 Å². The third kappa shape index (κ3) is 5.50. The average Bonchev–Trinajstić information content (AvgIpc) is 2.01. The van der Waals surface area contributed by atoms with Crippen molar-refractivity contribution in [3.8, 4) is 0 Å². The molecule has 0 N–H and O–H groups in total. The van der Waals surface area contributed by atoms with Crippen molar-refractivity contribution in [2.45, 2.75) is 19.7 Å². The molecule has 0 aliphatic rings. The zero-order valence-corrected chi connectivity index (χ0v) is 11.4. The summed E-state index contributed by atoms with van der Waals surface area (Å²) in [5, 5.41) is 0. The van der Waals surface area contributed by atoms with Crippen LogP contribution in [-0.4, -0.2) is 12.0 Å². The zero-order valence-electron chi connectivity index (χ0n) is 8.30. The van der Waals surface area contributed by atoms with E-state index in [9.17, 15) is 12.9 Å². The smallest absolute Gasteiger partial charge is 0.449 e. The first-order chi connectivity index (χ1) is 5.99. The number of hydrogen-bond donors (Lipinski definition) is 0. The standard InChI is InChI=1S/C8H10BF3N.K/c1-7-6-13-5-3-8(7)2-4-9(10,11)12;/h3,5-6H,2,4H2,1H3;/q-1;+1. The normalized spacial score (nSPS) is 10.9. The molecule has 0 saturated heterocycles. The summed E-state index contributed by atoms with van der Waals surface area (Å²) < 4.78 is 35.8. The van der Waals surface area contributed by atoms with Crippen LogP contribution in [-0.2, 0) is 6.42 Å². The van der Waals surface area contributed by atoms with Gasteiger partial charge in [0, 0.05) is 12.4 Å². The third-order valence-corrected chi connectivity index (χ3v) is 1.88. The van der Waals surface area contributed by atoms with Gasteiger partial charge in [0.2, 0.25) is 0 Å². The van der Waals surface area contributed by atoms with Crippen LogP contribution in [0.1, 0.15) is 11.1 Å². The minimum Gasteiger partial charge on any atom is -0.449 e. The van der Waals surface area contributed by atoms with E-state index < -0.39 is 13.3 Å². The van der Waals surface area contributed by atoms with E-state index in [-0.39, 0.29) is 57.8 Å². The molecule has 14 heavy (non-hydrogen) atoms. The number of rotatable bonds is 3. The molecule has 1 aromatic heterocycles. The number of pyridine rings is 1. The van der Waals surface area contributed by atoms with Gasteiger partial charge < -0.3 is 12.9 Å². The topological polar surface area (TPSA) is 12.9 Å². The fraction of sp³-hybridized carbons (Fsp3) is 0.375. The second-order valence-corrected chi connectivity index (χ2v) is 3.05. The molecule has 0 aliphatic heterocycles. The van der Waals surface area contributed by atoms with E-state index in [1.165, 1.54) is 6.20 Å². The molecule has 0 spiro atoms. The Labute approximate surface area is 124 Å². The number of aryl methyl sites for hydroxylation is 2. The van der Waals surface area contributed by atoms with Crippen LogP contribution < -0.4 is 51.4 Å². The van der Waals surface area contributed by atoms with Crippen molar-refractivity contribution < 1.29 is 64.3 Å². The molecule has 1 aromatic rings. The molecule has 0 bridgehead atoms. The Kier molecular flexibility index (Phi) is 6.56. The Morgan fingerprint density at radius 1 is 1.36 bits per heavy atom. The van der Waals surface area contributed by atoms with E-state index in [4.69, 9.17) is 0 Å². The largest absolute Gasteiger partial charge is 1.00 e. The quantitative estimate of drug-likeness (QED) is 0.651. The summed E-state index contributed by atoms with van der Waals surface area (Å²) in [6.07, 6.45) is 2.47. The molecule has 1 heterocycles. The fourth-order valence-electron chi connectivity index (χ4n) is 1.10. The molecule has 6 heteroatoms. The minimum atomic E-state index is -4.66. The van der Waals surface area contributed by atoms with E-state index in [2.05, 4.69) is 4.98 Å². The second-order valence-electron chi connectivity index (χ2n) is 3.05. The van der Waals surface area contributed by atoms with Gasteiger partial charge in [-0.25, -0.2) is 0 Å². The summed E-state index contributed by atoms with van der Waals surface area (Å²) in [7, 11) is 0. The van der Waals surface area contributed by atoms with Crippen LogP contribution in [0.3, 0.4) is 0 Å². The van der Waals surface area contributed by atoms with Crippen molar-refractivity contribution in [3.63, 3.8) is 0 Å². The first-order valence-electron chi connectivity index (χ1n) is 4.09. The van der Waals surface area contributed by atoms with Gasteiger partial charge in [-0.3, -0.25) is 4.98 Å². The van der Waals surface area contributed by atoms with E-state index in [1.807, 2.05) is 0 Å². The fourth-order valence-corrected chi connectivity index (χ4v) is 1.10. The van der Waals surface area contributed by atoms with Crippen molar-refractivity contribution in [1.29, 1.82) is 0 Å². The van der Waals surface area contributed by atoms with Crippen molar-refractivity contribution >= 4 is 6.98 Å². The number of nitrogens with zero attached hydrogens (tertiary/aromatic N) is 1. The van der Waals surface area contributed by atoms with Gasteiger partial charge in [-0.2, -0.15) is 0 Å². The Morgan fingerprint density at radius 3 is 2.50 bits per heavy atom. The van der Waals surface area contributed by atoms with E-state index >= 15 is 0 Å². The molecular weight excluding hydrogens is 217 g/mol. The SMILES string of the molecule is Cc1cnccc1CC[B-](F)(F)F.[K+]. The van der Waals surface area contributed by atoms with Gasteiger partial charge >= 0.3 is 58.4 Å². The molecule has 1 rings (SSSR count). The van der Waals surface area contributed by atoms with Crippen molar-refractivity contribution in [2.75, 3.05) is 0 Å². The molecular formula is C8H10BF3KN. The first kappa shape index (κ1) is 14.6. The average molecular weight is 227 g/mol. The molecule has 0 unspecified atom stereocenters. The van der Waals surface area contributed by atoms with Crippen LogP contribution in [0.25, 0.3) is 0 Å². The van der Waals surface area contributed by atoms with Crippen molar-refractivity contribution in [3.05, 3.63) is 29.6 Å². The predicted molar refractivity (Wildman–Crippen MR) is 46.6 cm³/mol. The molecule has 0 radical (unpaired) electrons. The third-order valence-electron chi connectivity index (χ3n) is 1.88. The van der Waals surface area contributed by atoms with Gasteiger partial charge in [0.25, 0.3) is 0 Å². The van der Waals surface area contributed by atoms with Crippen LogP contribution in [0, 0.1) is 6.92 Å². The van der Waals surface area contributed by atoms with Gasteiger partial charge in [0.05, 0.1) is 0 Å². The zero-order chi connectivity index (χ0) is 9.90. The maximum Gasteiger partial charge on any atom is 1.00 e. The van der Waals surface area contributed by atoms with Crippen LogP contribution in [0.2, 0.25) is 6.32 Å². The molecule has 0 atom stereocenters. The van der Waals surface area contributed by atoms with Crippen LogP contribution in [0.15, 0.2) is 18.5 Å². The van der Waals surface area contributed by atoms with Crippen molar-refractivity contribution in [1.82, 2.24) is 4.98 Å². The van der Waals surface area contributed by atoms with Crippen LogP contribution >= 0.6 is 0 Å². The Bertz CT molecular complexity index is 290. The Morgan fingerprint density at radius 2 is 2.00 bits per heavy atom. The van der Waals surface area contributed by atoms with Crippen LogP contribution in [0.5, 0.6) is 0 Å². The number of aromatic nitrogens is 1. The summed E-state index contributed by atoms with van der Waals surface area (Å²) in [4.78, 5) is 3.81. The predicted octanol–water partition coefficient (Wildman–Crippen LogP) is -0.216. The molecule has 0 aromatic carbocycles.